The van der Waals surface area contributed by atoms with Gasteiger partial charge in [-0.2, -0.15) is 0 Å². The number of nitrogens with one attached hydrogen (secondary N) is 2. The van der Waals surface area contributed by atoms with Gasteiger partial charge in [0.1, 0.15) is 22.1 Å². The number of anilines is 1. The van der Waals surface area contributed by atoms with Gasteiger partial charge in [-0.1, -0.05) is 0 Å². The first-order chi connectivity index (χ1) is 13.9. The number of furan rings is 1. The summed E-state index contributed by atoms with van der Waals surface area (Å²) >= 11 is 1.27. The Morgan fingerprint density at radius 1 is 1.31 bits per heavy atom. The van der Waals surface area contributed by atoms with Crippen LogP contribution in [0.4, 0.5) is 5.00 Å². The van der Waals surface area contributed by atoms with Crippen LogP contribution >= 0.6 is 11.3 Å². The number of quaternary nitrogens is 1. The first kappa shape index (κ1) is 21.1. The molecule has 0 radical (unpaired) electrons. The number of amides is 2. The predicted molar refractivity (Wildman–Crippen MR) is 109 cm³/mol. The van der Waals surface area contributed by atoms with Gasteiger partial charge in [-0.3, -0.25) is 9.59 Å². The second-order valence-corrected chi connectivity index (χ2v) is 8.02. The van der Waals surface area contributed by atoms with Crippen LogP contribution in [0.3, 0.4) is 0 Å². The van der Waals surface area contributed by atoms with Crippen LogP contribution in [0.25, 0.3) is 11.3 Å². The van der Waals surface area contributed by atoms with E-state index in [2.05, 4.69) is 5.32 Å². The largest absolute Gasteiger partial charge is 0.462 e. The molecule has 9 heteroatoms. The summed E-state index contributed by atoms with van der Waals surface area (Å²) in [5.74, 6) is 0.228. The van der Waals surface area contributed by atoms with Crippen molar-refractivity contribution in [2.24, 2.45) is 11.7 Å². The lowest BCUT2D eigenvalue weighted by atomic mass is 9.96. The molecule has 1 aliphatic rings. The quantitative estimate of drug-likeness (QED) is 0.582. The Bertz CT molecular complexity index is 896. The van der Waals surface area contributed by atoms with E-state index in [4.69, 9.17) is 14.9 Å². The van der Waals surface area contributed by atoms with Crippen LogP contribution < -0.4 is 16.0 Å². The number of thiophene rings is 1. The Kier molecular flexibility index (Phi) is 6.71. The lowest BCUT2D eigenvalue weighted by molar-refractivity contribution is -0.897. The van der Waals surface area contributed by atoms with Crippen LogP contribution in [0.15, 0.2) is 21.9 Å². The molecule has 1 saturated heterocycles. The second-order valence-electron chi connectivity index (χ2n) is 7.14. The second kappa shape index (κ2) is 9.23. The van der Waals surface area contributed by atoms with Crippen LogP contribution in [0, 0.1) is 12.8 Å². The Morgan fingerprint density at radius 3 is 2.62 bits per heavy atom. The molecule has 1 aliphatic heterocycles. The van der Waals surface area contributed by atoms with Crippen LogP contribution in [0.1, 0.15) is 35.9 Å². The van der Waals surface area contributed by atoms with Crippen molar-refractivity contribution < 1.29 is 28.4 Å². The fourth-order valence-corrected chi connectivity index (χ4v) is 4.46. The van der Waals surface area contributed by atoms with Crippen molar-refractivity contribution in [2.45, 2.75) is 26.7 Å². The molecule has 0 atom stereocenters. The minimum Gasteiger partial charge on any atom is -0.462 e. The first-order valence-electron chi connectivity index (χ1n) is 9.67. The summed E-state index contributed by atoms with van der Waals surface area (Å²) in [7, 11) is 0. The first-order valence-corrected chi connectivity index (χ1v) is 10.5. The lowest BCUT2D eigenvalue weighted by Gasteiger charge is -2.27. The SMILES string of the molecule is CCOC(=O)c1c(-c2ccc(C)o2)csc1NC(=O)C[NH+]1CCC(C(N)=O)CC1. The fourth-order valence-electron chi connectivity index (χ4n) is 3.50. The number of nitrogens with two attached hydrogens (primary N) is 1. The van der Waals surface area contributed by atoms with Crippen LogP contribution in [0.5, 0.6) is 0 Å². The third kappa shape index (κ3) is 5.04. The van der Waals surface area contributed by atoms with E-state index in [-0.39, 0.29) is 30.9 Å². The molecule has 8 nitrogen and oxygen atoms in total. The van der Waals surface area contributed by atoms with Gasteiger partial charge in [-0.05, 0) is 26.0 Å². The number of carbonyl (C=O) groups is 3. The Hall–Kier alpha value is -2.65. The number of rotatable bonds is 7. The molecular weight excluding hydrogens is 394 g/mol. The van der Waals surface area contributed by atoms with Crippen molar-refractivity contribution in [3.8, 4) is 11.3 Å². The highest BCUT2D eigenvalue weighted by atomic mass is 32.1. The van der Waals surface area contributed by atoms with Gasteiger partial charge in [0.2, 0.25) is 5.91 Å². The van der Waals surface area contributed by atoms with E-state index < -0.39 is 5.97 Å². The minimum atomic E-state index is -0.497. The zero-order chi connectivity index (χ0) is 21.0. The van der Waals surface area contributed by atoms with E-state index in [1.807, 2.05) is 13.0 Å². The van der Waals surface area contributed by atoms with E-state index in [1.54, 1.807) is 18.4 Å². The van der Waals surface area contributed by atoms with Gasteiger partial charge in [-0.15, -0.1) is 11.3 Å². The number of aryl methyl sites for hydroxylation is 1. The third-order valence-corrected chi connectivity index (χ3v) is 5.93. The van der Waals surface area contributed by atoms with Gasteiger partial charge in [-0.25, -0.2) is 4.79 Å². The summed E-state index contributed by atoms with van der Waals surface area (Å²) in [5, 5.41) is 5.08. The van der Waals surface area contributed by atoms with E-state index in [0.29, 0.717) is 47.8 Å². The molecule has 3 rings (SSSR count). The molecule has 0 bridgehead atoms. The zero-order valence-corrected chi connectivity index (χ0v) is 17.4. The van der Waals surface area contributed by atoms with Gasteiger partial charge in [0.15, 0.2) is 6.54 Å². The molecule has 4 N–H and O–H groups in total. The Morgan fingerprint density at radius 2 is 2.03 bits per heavy atom. The number of esters is 1. The number of hydrogen-bond donors (Lipinski definition) is 3. The van der Waals surface area contributed by atoms with Crippen molar-refractivity contribution in [3.05, 3.63) is 28.8 Å². The predicted octanol–water partition coefficient (Wildman–Crippen LogP) is 1.21. The Balaban J connectivity index is 1.71. The van der Waals surface area contributed by atoms with Crippen LogP contribution in [-0.4, -0.2) is 44.0 Å². The average molecular weight is 421 g/mol. The molecular formula is C20H26N3O5S+. The van der Waals surface area contributed by atoms with E-state index in [0.717, 1.165) is 10.7 Å². The number of ether oxygens (including phenoxy) is 1. The molecule has 0 spiro atoms. The summed E-state index contributed by atoms with van der Waals surface area (Å²) in [5.41, 5.74) is 6.27. The monoisotopic (exact) mass is 420 g/mol. The fraction of sp³-hybridized carbons (Fsp3) is 0.450. The summed E-state index contributed by atoms with van der Waals surface area (Å²) in [6, 6.07) is 3.61. The lowest BCUT2D eigenvalue weighted by Crippen LogP contribution is -3.14. The van der Waals surface area contributed by atoms with Crippen molar-refractivity contribution in [3.63, 3.8) is 0 Å². The highest BCUT2D eigenvalue weighted by Crippen LogP contribution is 2.37. The molecule has 0 unspecified atom stereocenters. The molecule has 3 heterocycles. The van der Waals surface area contributed by atoms with Gasteiger partial charge < -0.3 is 25.1 Å². The molecule has 0 saturated carbocycles. The average Bonchev–Trinajstić information content (AvgIpc) is 3.28. The molecule has 1 fully saturated rings. The molecule has 2 amide bonds. The smallest absolute Gasteiger partial charge is 0.341 e. The van der Waals surface area contributed by atoms with E-state index in [1.165, 1.54) is 11.3 Å². The van der Waals surface area contributed by atoms with Gasteiger partial charge in [0, 0.05) is 29.7 Å². The zero-order valence-electron chi connectivity index (χ0n) is 16.6. The van der Waals surface area contributed by atoms with Crippen molar-refractivity contribution in [1.29, 1.82) is 0 Å². The van der Waals surface area contributed by atoms with Gasteiger partial charge >= 0.3 is 5.97 Å². The van der Waals surface area contributed by atoms with Gasteiger partial charge in [0.05, 0.1) is 19.7 Å². The van der Waals surface area contributed by atoms with E-state index in [9.17, 15) is 14.4 Å². The highest BCUT2D eigenvalue weighted by Gasteiger charge is 2.28. The summed E-state index contributed by atoms with van der Waals surface area (Å²) in [4.78, 5) is 37.5. The van der Waals surface area contributed by atoms with E-state index >= 15 is 0 Å². The third-order valence-electron chi connectivity index (χ3n) is 5.03. The number of hydrogen-bond acceptors (Lipinski definition) is 6. The van der Waals surface area contributed by atoms with Crippen molar-refractivity contribution in [1.82, 2.24) is 0 Å². The van der Waals surface area contributed by atoms with Crippen molar-refractivity contribution in [2.75, 3.05) is 31.6 Å². The maximum absolute atomic E-state index is 12.6. The maximum atomic E-state index is 12.6. The highest BCUT2D eigenvalue weighted by molar-refractivity contribution is 7.15. The topological polar surface area (TPSA) is 116 Å². The maximum Gasteiger partial charge on any atom is 0.341 e. The van der Waals surface area contributed by atoms with Crippen LogP contribution in [-0.2, 0) is 14.3 Å². The summed E-state index contributed by atoms with van der Waals surface area (Å²) in [6.45, 7) is 5.49. The van der Waals surface area contributed by atoms with Crippen LogP contribution in [0.2, 0.25) is 0 Å². The van der Waals surface area contributed by atoms with Crippen molar-refractivity contribution >= 4 is 34.1 Å². The van der Waals surface area contributed by atoms with Gasteiger partial charge in [0.25, 0.3) is 5.91 Å². The standard InChI is InChI=1S/C20H25N3O5S/c1-3-27-20(26)17-14(15-5-4-12(2)28-15)11-29-19(17)22-16(24)10-23-8-6-13(7-9-23)18(21)25/h4-5,11,13H,3,6-10H2,1-2H3,(H2,21,25)(H,22,24)/p+1. The number of carbonyl (C=O) groups excluding carboxylic acids is 3. The molecule has 0 aliphatic carbocycles. The number of primary amides is 1. The molecule has 29 heavy (non-hydrogen) atoms. The molecule has 0 aromatic carbocycles. The molecule has 2 aromatic rings. The minimum absolute atomic E-state index is 0.103. The summed E-state index contributed by atoms with van der Waals surface area (Å²) < 4.78 is 10.8. The summed E-state index contributed by atoms with van der Waals surface area (Å²) in [6.07, 6.45) is 1.38. The normalized spacial score (nSPS) is 19.0. The number of likely N-dealkylation sites (tertiary alicyclic amines) is 1. The molecule has 156 valence electrons. The molecule has 2 aromatic heterocycles. The number of piperidine rings is 1. The Labute approximate surface area is 173 Å².